The molecule has 7 nitrogen and oxygen atoms in total. The zero-order valence-corrected chi connectivity index (χ0v) is 14.6. The molecule has 2 N–H and O–H groups in total. The number of hydrogen-bond acceptors (Lipinski definition) is 4. The molecule has 2 rings (SSSR count). The predicted octanol–water partition coefficient (Wildman–Crippen LogP) is 0.869. The number of ketones is 1. The predicted molar refractivity (Wildman–Crippen MR) is 88.3 cm³/mol. The lowest BCUT2D eigenvalue weighted by Gasteiger charge is -2.30. The van der Waals surface area contributed by atoms with Crippen molar-refractivity contribution in [3.05, 3.63) is 0 Å². The molecular weight excluding hydrogens is 310 g/mol. The number of aldehydes is 1. The van der Waals surface area contributed by atoms with Crippen LogP contribution in [0.15, 0.2) is 0 Å². The molecule has 0 spiro atoms. The third-order valence-corrected chi connectivity index (χ3v) is 4.88. The maximum absolute atomic E-state index is 12.3. The molecule has 1 aliphatic carbocycles. The number of likely N-dealkylation sites (tertiary alicyclic amines) is 1. The van der Waals surface area contributed by atoms with E-state index < -0.39 is 17.6 Å². The number of urea groups is 1. The number of nitrogens with one attached hydrogen (secondary N) is 2. The molecule has 3 amide bonds. The van der Waals surface area contributed by atoms with Gasteiger partial charge in [-0.15, -0.1) is 0 Å². The largest absolute Gasteiger partial charge is 0.329 e. The highest BCUT2D eigenvalue weighted by Gasteiger charge is 2.39. The van der Waals surface area contributed by atoms with Crippen LogP contribution in [0.3, 0.4) is 0 Å². The fourth-order valence-electron chi connectivity index (χ4n) is 3.15. The number of carbonyl (C=O) groups is 4. The number of rotatable bonds is 7. The van der Waals surface area contributed by atoms with Crippen LogP contribution in [0, 0.1) is 11.8 Å². The minimum atomic E-state index is -0.780. The summed E-state index contributed by atoms with van der Waals surface area (Å²) in [6.07, 6.45) is 3.99. The highest BCUT2D eigenvalue weighted by atomic mass is 16.2. The van der Waals surface area contributed by atoms with Crippen LogP contribution in [0.1, 0.15) is 46.5 Å². The quantitative estimate of drug-likeness (QED) is 0.674. The summed E-state index contributed by atoms with van der Waals surface area (Å²) >= 11 is 0. The molecule has 0 bridgehead atoms. The molecule has 2 aliphatic rings. The lowest BCUT2D eigenvalue weighted by molar-refractivity contribution is -0.137. The Bertz CT molecular complexity index is 530. The third-order valence-electron chi connectivity index (χ3n) is 4.88. The van der Waals surface area contributed by atoms with E-state index in [0.29, 0.717) is 13.0 Å². The molecule has 1 saturated carbocycles. The van der Waals surface area contributed by atoms with E-state index in [2.05, 4.69) is 10.6 Å². The van der Waals surface area contributed by atoms with E-state index in [9.17, 15) is 19.2 Å². The highest BCUT2D eigenvalue weighted by Crippen LogP contribution is 2.32. The van der Waals surface area contributed by atoms with Crippen LogP contribution in [0.5, 0.6) is 0 Å². The zero-order chi connectivity index (χ0) is 17.9. The van der Waals surface area contributed by atoms with Crippen LogP contribution in [0.25, 0.3) is 0 Å². The summed E-state index contributed by atoms with van der Waals surface area (Å²) in [5.41, 5.74) is -0.780. The fourth-order valence-corrected chi connectivity index (χ4v) is 3.15. The number of amides is 3. The van der Waals surface area contributed by atoms with Crippen LogP contribution in [0.2, 0.25) is 0 Å². The monoisotopic (exact) mass is 337 g/mol. The maximum atomic E-state index is 12.3. The molecule has 24 heavy (non-hydrogen) atoms. The van der Waals surface area contributed by atoms with Crippen molar-refractivity contribution in [3.63, 3.8) is 0 Å². The Morgan fingerprint density at radius 1 is 1.29 bits per heavy atom. The van der Waals surface area contributed by atoms with Crippen LogP contribution in [-0.4, -0.2) is 53.6 Å². The Morgan fingerprint density at radius 3 is 2.50 bits per heavy atom. The lowest BCUT2D eigenvalue weighted by atomic mass is 9.97. The Labute approximate surface area is 142 Å². The van der Waals surface area contributed by atoms with Gasteiger partial charge in [-0.25, -0.2) is 4.79 Å². The van der Waals surface area contributed by atoms with Crippen LogP contribution >= 0.6 is 0 Å². The molecule has 1 heterocycles. The summed E-state index contributed by atoms with van der Waals surface area (Å²) in [5.74, 6) is -0.153. The second-order valence-corrected chi connectivity index (χ2v) is 7.35. The van der Waals surface area contributed by atoms with Gasteiger partial charge in [-0.3, -0.25) is 9.59 Å². The molecule has 0 aromatic carbocycles. The second-order valence-electron chi connectivity index (χ2n) is 7.35. The van der Waals surface area contributed by atoms with Gasteiger partial charge < -0.3 is 20.3 Å². The van der Waals surface area contributed by atoms with Gasteiger partial charge in [0.15, 0.2) is 5.78 Å². The molecule has 0 aromatic rings. The molecular formula is C17H27N3O4. The summed E-state index contributed by atoms with van der Waals surface area (Å²) in [6, 6.07) is -1.05. The Hall–Kier alpha value is -1.92. The molecule has 7 heteroatoms. The van der Waals surface area contributed by atoms with Crippen LogP contribution < -0.4 is 10.6 Å². The third kappa shape index (κ3) is 4.13. The van der Waals surface area contributed by atoms with Crippen molar-refractivity contribution < 1.29 is 19.2 Å². The number of hydrogen-bond donors (Lipinski definition) is 2. The average molecular weight is 337 g/mol. The van der Waals surface area contributed by atoms with Gasteiger partial charge in [0, 0.05) is 12.5 Å². The standard InChI is InChI=1S/C17H27N3O4/c1-11(2)14(15(23)12-5-6-12)19-16(24)18-9-13(22)20-8-4-7-17(20,3)10-21/h10-12,14H,4-9H2,1-3H3,(H2,18,19,24)/t14-,17?/m0/s1. The van der Waals surface area contributed by atoms with Crippen molar-refractivity contribution >= 4 is 24.0 Å². The summed E-state index contributed by atoms with van der Waals surface area (Å²) in [7, 11) is 0. The Kier molecular flexibility index (Phi) is 5.62. The maximum Gasteiger partial charge on any atom is 0.315 e. The molecule has 0 radical (unpaired) electrons. The van der Waals surface area contributed by atoms with Crippen molar-refractivity contribution in [1.82, 2.24) is 15.5 Å². The first-order valence-corrected chi connectivity index (χ1v) is 8.63. The number of nitrogens with zero attached hydrogens (tertiary/aromatic N) is 1. The van der Waals surface area contributed by atoms with Gasteiger partial charge in [-0.2, -0.15) is 0 Å². The van der Waals surface area contributed by atoms with Crippen LogP contribution in [0.4, 0.5) is 4.79 Å². The number of carbonyl (C=O) groups excluding carboxylic acids is 4. The second kappa shape index (κ2) is 7.32. The van der Waals surface area contributed by atoms with E-state index in [1.807, 2.05) is 13.8 Å². The van der Waals surface area contributed by atoms with E-state index in [1.165, 1.54) is 4.90 Å². The molecule has 0 aromatic heterocycles. The topological polar surface area (TPSA) is 95.6 Å². The highest BCUT2D eigenvalue weighted by molar-refractivity contribution is 5.93. The van der Waals surface area contributed by atoms with Crippen LogP contribution in [-0.2, 0) is 14.4 Å². The van der Waals surface area contributed by atoms with E-state index >= 15 is 0 Å². The smallest absolute Gasteiger partial charge is 0.315 e. The minimum Gasteiger partial charge on any atom is -0.329 e. The molecule has 2 atom stereocenters. The van der Waals surface area contributed by atoms with Gasteiger partial charge in [0.25, 0.3) is 0 Å². The first kappa shape index (κ1) is 18.4. The van der Waals surface area contributed by atoms with Gasteiger partial charge in [-0.1, -0.05) is 13.8 Å². The van der Waals surface area contributed by atoms with E-state index in [1.54, 1.807) is 6.92 Å². The van der Waals surface area contributed by atoms with Crippen molar-refractivity contribution in [3.8, 4) is 0 Å². The van der Waals surface area contributed by atoms with Gasteiger partial charge >= 0.3 is 6.03 Å². The lowest BCUT2D eigenvalue weighted by Crippen LogP contribution is -2.53. The molecule has 2 fully saturated rings. The SMILES string of the molecule is CC(C)[C@H](NC(=O)NCC(=O)N1CCCC1(C)C=O)C(=O)C1CC1. The molecule has 134 valence electrons. The van der Waals surface area contributed by atoms with E-state index in [0.717, 1.165) is 25.5 Å². The average Bonchev–Trinajstić information content (AvgIpc) is 3.32. The normalized spacial score (nSPS) is 24.6. The Balaban J connectivity index is 1.84. The number of Topliss-reactive ketones (excluding diaryl/α,β-unsaturated/α-hetero) is 1. The van der Waals surface area contributed by atoms with E-state index in [-0.39, 0.29) is 30.1 Å². The van der Waals surface area contributed by atoms with Crippen molar-refractivity contribution in [2.24, 2.45) is 11.8 Å². The molecule has 1 aliphatic heterocycles. The summed E-state index contributed by atoms with van der Waals surface area (Å²) in [6.45, 7) is 5.84. The first-order chi connectivity index (χ1) is 11.3. The zero-order valence-electron chi connectivity index (χ0n) is 14.6. The van der Waals surface area contributed by atoms with Gasteiger partial charge in [-0.05, 0) is 38.5 Å². The van der Waals surface area contributed by atoms with Crippen molar-refractivity contribution in [1.29, 1.82) is 0 Å². The summed E-state index contributed by atoms with van der Waals surface area (Å²) in [5, 5.41) is 5.19. The minimum absolute atomic E-state index is 0.00325. The van der Waals surface area contributed by atoms with Gasteiger partial charge in [0.1, 0.15) is 6.29 Å². The van der Waals surface area contributed by atoms with Crippen molar-refractivity contribution in [2.75, 3.05) is 13.1 Å². The van der Waals surface area contributed by atoms with E-state index in [4.69, 9.17) is 0 Å². The van der Waals surface area contributed by atoms with Gasteiger partial charge in [0.2, 0.25) is 5.91 Å². The fraction of sp³-hybridized carbons (Fsp3) is 0.765. The summed E-state index contributed by atoms with van der Waals surface area (Å²) in [4.78, 5) is 49.2. The Morgan fingerprint density at radius 2 is 1.96 bits per heavy atom. The first-order valence-electron chi connectivity index (χ1n) is 8.63. The van der Waals surface area contributed by atoms with Gasteiger partial charge in [0.05, 0.1) is 18.1 Å². The molecule has 1 saturated heterocycles. The summed E-state index contributed by atoms with van der Waals surface area (Å²) < 4.78 is 0. The van der Waals surface area contributed by atoms with Crippen molar-refractivity contribution in [2.45, 2.75) is 58.0 Å². The molecule has 1 unspecified atom stereocenters.